The molecule has 0 unspecified atom stereocenters. The summed E-state index contributed by atoms with van der Waals surface area (Å²) in [4.78, 5) is 0. The molecule has 0 fully saturated rings. The molecule has 0 saturated carbocycles. The van der Waals surface area contributed by atoms with Crippen molar-refractivity contribution in [2.45, 2.75) is 0 Å². The number of hydrogen-bond donors (Lipinski definition) is 0. The highest BCUT2D eigenvalue weighted by Crippen LogP contribution is 2.13. The van der Waals surface area contributed by atoms with Crippen LogP contribution in [0.1, 0.15) is 0 Å². The van der Waals surface area contributed by atoms with Gasteiger partial charge >= 0.3 is 0 Å². The van der Waals surface area contributed by atoms with Gasteiger partial charge in [0.1, 0.15) is 0 Å². The van der Waals surface area contributed by atoms with E-state index in [4.69, 9.17) is 0 Å². The van der Waals surface area contributed by atoms with E-state index in [1.165, 1.54) is 11.0 Å². The van der Waals surface area contributed by atoms with E-state index in [2.05, 4.69) is 57.9 Å². The minimum atomic E-state index is 1.25. The lowest BCUT2D eigenvalue weighted by Gasteiger charge is -1.97. The molecule has 0 N–H and O–H groups in total. The molecule has 0 radical (unpaired) electrons. The third kappa shape index (κ3) is 0.593. The number of rotatable bonds is 0. The summed E-state index contributed by atoms with van der Waals surface area (Å²) in [6.45, 7) is 0. The van der Waals surface area contributed by atoms with Gasteiger partial charge in [0.25, 0.3) is 0 Å². The molecule has 2 heteroatoms. The summed E-state index contributed by atoms with van der Waals surface area (Å²) in [7, 11) is 0. The van der Waals surface area contributed by atoms with E-state index in [1.807, 2.05) is 0 Å². The molecule has 0 aliphatic carbocycles. The van der Waals surface area contributed by atoms with Crippen LogP contribution >= 0.6 is 0 Å². The standard InChI is InChI=1S/C10H8N2/c1-3-9-10-4-2-6-12(10)8-7-11(9)5-1/h1-8H. The Morgan fingerprint density at radius 1 is 0.667 bits per heavy atom. The normalized spacial score (nSPS) is 11.3. The Hall–Kier alpha value is -1.70. The second-order valence-electron chi connectivity index (χ2n) is 2.90. The van der Waals surface area contributed by atoms with Crippen molar-refractivity contribution in [2.24, 2.45) is 0 Å². The molecular formula is C10H8N2. The van der Waals surface area contributed by atoms with Crippen molar-refractivity contribution >= 4 is 11.0 Å². The highest BCUT2D eigenvalue weighted by Gasteiger charge is 1.97. The summed E-state index contributed by atoms with van der Waals surface area (Å²) < 4.78 is 4.24. The predicted octanol–water partition coefficient (Wildman–Crippen LogP) is 2.19. The van der Waals surface area contributed by atoms with Crippen LogP contribution in [0.4, 0.5) is 0 Å². The predicted molar refractivity (Wildman–Crippen MR) is 48.4 cm³/mol. The summed E-state index contributed by atoms with van der Waals surface area (Å²) >= 11 is 0. The van der Waals surface area contributed by atoms with Crippen LogP contribution in [0.2, 0.25) is 0 Å². The summed E-state index contributed by atoms with van der Waals surface area (Å²) in [6.07, 6.45) is 8.23. The van der Waals surface area contributed by atoms with Gasteiger partial charge in [-0.3, -0.25) is 0 Å². The first-order chi connectivity index (χ1) is 5.95. The van der Waals surface area contributed by atoms with E-state index >= 15 is 0 Å². The van der Waals surface area contributed by atoms with Gasteiger partial charge in [0, 0.05) is 24.8 Å². The molecule has 0 bridgehead atoms. The van der Waals surface area contributed by atoms with Crippen molar-refractivity contribution in [1.82, 2.24) is 8.80 Å². The van der Waals surface area contributed by atoms with Gasteiger partial charge in [-0.05, 0) is 24.3 Å². The fourth-order valence-corrected chi connectivity index (χ4v) is 1.63. The van der Waals surface area contributed by atoms with E-state index in [-0.39, 0.29) is 0 Å². The Morgan fingerprint density at radius 3 is 1.67 bits per heavy atom. The lowest BCUT2D eigenvalue weighted by Crippen LogP contribution is -1.86. The van der Waals surface area contributed by atoms with E-state index in [1.54, 1.807) is 0 Å². The van der Waals surface area contributed by atoms with E-state index in [0.29, 0.717) is 0 Å². The van der Waals surface area contributed by atoms with Gasteiger partial charge in [0.05, 0.1) is 11.0 Å². The molecule has 0 aromatic carbocycles. The maximum absolute atomic E-state index is 2.12. The van der Waals surface area contributed by atoms with Crippen LogP contribution in [-0.4, -0.2) is 8.80 Å². The van der Waals surface area contributed by atoms with Crippen molar-refractivity contribution in [3.05, 3.63) is 49.1 Å². The number of hydrogen-bond acceptors (Lipinski definition) is 0. The van der Waals surface area contributed by atoms with Gasteiger partial charge in [0.15, 0.2) is 0 Å². The Balaban J connectivity index is 2.71. The Morgan fingerprint density at radius 2 is 1.17 bits per heavy atom. The van der Waals surface area contributed by atoms with Crippen LogP contribution in [0.15, 0.2) is 49.1 Å². The summed E-state index contributed by atoms with van der Waals surface area (Å²) in [5.74, 6) is 0. The lowest BCUT2D eigenvalue weighted by atomic mass is 10.4. The van der Waals surface area contributed by atoms with E-state index in [0.717, 1.165) is 0 Å². The smallest absolute Gasteiger partial charge is 0.0692 e. The molecule has 0 amide bonds. The first kappa shape index (κ1) is 5.89. The average molecular weight is 156 g/mol. The highest BCUT2D eigenvalue weighted by molar-refractivity contribution is 5.75. The quantitative estimate of drug-likeness (QED) is 0.471. The van der Waals surface area contributed by atoms with Crippen LogP contribution in [0, 0.1) is 0 Å². The largest absolute Gasteiger partial charge is 0.320 e. The van der Waals surface area contributed by atoms with Crippen LogP contribution in [0.5, 0.6) is 0 Å². The molecule has 0 aliphatic rings. The minimum absolute atomic E-state index is 1.25. The number of fused-ring (bicyclic) bond motifs is 3. The lowest BCUT2D eigenvalue weighted by molar-refractivity contribution is 1.11. The third-order valence-corrected chi connectivity index (χ3v) is 2.21. The molecule has 0 saturated heterocycles. The van der Waals surface area contributed by atoms with Crippen molar-refractivity contribution in [1.29, 1.82) is 0 Å². The monoisotopic (exact) mass is 156 g/mol. The first-order valence-electron chi connectivity index (χ1n) is 3.97. The number of aromatic nitrogens is 2. The molecule has 2 nitrogen and oxygen atoms in total. The molecule has 3 aromatic heterocycles. The minimum Gasteiger partial charge on any atom is -0.320 e. The van der Waals surface area contributed by atoms with E-state index in [9.17, 15) is 0 Å². The zero-order valence-corrected chi connectivity index (χ0v) is 6.51. The SMILES string of the molecule is c1cc2c3cccn3ccn2c1. The van der Waals surface area contributed by atoms with Gasteiger partial charge in [-0.15, -0.1) is 0 Å². The van der Waals surface area contributed by atoms with Crippen molar-refractivity contribution in [3.8, 4) is 0 Å². The van der Waals surface area contributed by atoms with Crippen LogP contribution in [0.3, 0.4) is 0 Å². The van der Waals surface area contributed by atoms with Gasteiger partial charge in [-0.1, -0.05) is 0 Å². The average Bonchev–Trinajstić information content (AvgIpc) is 2.71. The van der Waals surface area contributed by atoms with Crippen LogP contribution in [-0.2, 0) is 0 Å². The maximum atomic E-state index is 2.12. The van der Waals surface area contributed by atoms with E-state index < -0.39 is 0 Å². The molecule has 3 rings (SSSR count). The molecule has 3 heterocycles. The summed E-state index contributed by atoms with van der Waals surface area (Å²) in [5.41, 5.74) is 2.50. The van der Waals surface area contributed by atoms with Gasteiger partial charge < -0.3 is 8.80 Å². The Bertz CT molecular complexity index is 481. The summed E-state index contributed by atoms with van der Waals surface area (Å²) in [6, 6.07) is 8.36. The summed E-state index contributed by atoms with van der Waals surface area (Å²) in [5, 5.41) is 0. The molecule has 58 valence electrons. The third-order valence-electron chi connectivity index (χ3n) is 2.21. The molecule has 0 atom stereocenters. The number of nitrogens with zero attached hydrogens (tertiary/aromatic N) is 2. The zero-order valence-electron chi connectivity index (χ0n) is 6.51. The van der Waals surface area contributed by atoms with Crippen LogP contribution in [0.25, 0.3) is 11.0 Å². The molecule has 12 heavy (non-hydrogen) atoms. The van der Waals surface area contributed by atoms with Gasteiger partial charge in [-0.25, -0.2) is 0 Å². The Labute approximate surface area is 69.7 Å². The fourth-order valence-electron chi connectivity index (χ4n) is 1.63. The zero-order chi connectivity index (χ0) is 7.97. The second kappa shape index (κ2) is 1.91. The fraction of sp³-hybridized carbons (Fsp3) is 0. The molecule has 0 aliphatic heterocycles. The second-order valence-corrected chi connectivity index (χ2v) is 2.90. The first-order valence-corrected chi connectivity index (χ1v) is 3.97. The molecule has 0 spiro atoms. The van der Waals surface area contributed by atoms with Crippen LogP contribution < -0.4 is 0 Å². The molecular weight excluding hydrogens is 148 g/mol. The van der Waals surface area contributed by atoms with Crippen molar-refractivity contribution in [2.75, 3.05) is 0 Å². The molecule has 3 aromatic rings. The Kier molecular flexibility index (Phi) is 0.939. The van der Waals surface area contributed by atoms with Gasteiger partial charge in [0.2, 0.25) is 0 Å². The van der Waals surface area contributed by atoms with Crippen molar-refractivity contribution < 1.29 is 0 Å². The van der Waals surface area contributed by atoms with Gasteiger partial charge in [-0.2, -0.15) is 0 Å². The highest BCUT2D eigenvalue weighted by atomic mass is 14.9. The maximum Gasteiger partial charge on any atom is 0.0692 e. The van der Waals surface area contributed by atoms with Crippen molar-refractivity contribution in [3.63, 3.8) is 0 Å². The topological polar surface area (TPSA) is 8.82 Å².